The summed E-state index contributed by atoms with van der Waals surface area (Å²) in [6.07, 6.45) is 3.43. The second-order valence-electron chi connectivity index (χ2n) is 2.54. The molecule has 13 heavy (non-hydrogen) atoms. The molecule has 4 nitrogen and oxygen atoms in total. The predicted octanol–water partition coefficient (Wildman–Crippen LogP) is 1.82. The Morgan fingerprint density at radius 3 is 2.54 bits per heavy atom. The maximum atomic E-state index is 5.60. The number of nitrogens with two attached hydrogens (primary N) is 1. The van der Waals surface area contributed by atoms with Gasteiger partial charge < -0.3 is 5.73 Å². The largest absolute Gasteiger partial charge is 0.383 e. The lowest BCUT2D eigenvalue weighted by atomic mass is 10.2. The average Bonchev–Trinajstić information content (AvgIpc) is 2.49. The van der Waals surface area contributed by atoms with Crippen LogP contribution < -0.4 is 5.73 Å². The number of hydrogen-bond acceptors (Lipinski definition) is 3. The number of nitrogen functional groups attached to an aromatic ring is 1. The minimum Gasteiger partial charge on any atom is -0.383 e. The van der Waals surface area contributed by atoms with E-state index < -0.39 is 0 Å². The van der Waals surface area contributed by atoms with E-state index >= 15 is 0 Å². The van der Waals surface area contributed by atoms with Crippen molar-refractivity contribution in [1.29, 1.82) is 0 Å². The molecule has 0 unspecified atom stereocenters. The van der Waals surface area contributed by atoms with E-state index in [-0.39, 0.29) is 0 Å². The van der Waals surface area contributed by atoms with Gasteiger partial charge in [0.05, 0.1) is 4.47 Å². The van der Waals surface area contributed by atoms with E-state index in [1.807, 2.05) is 12.1 Å². The van der Waals surface area contributed by atoms with Crippen molar-refractivity contribution in [2.45, 2.75) is 0 Å². The number of halogens is 1. The number of H-pyrrole nitrogens is 1. The number of pyridine rings is 1. The number of rotatable bonds is 1. The van der Waals surface area contributed by atoms with Crippen molar-refractivity contribution in [2.24, 2.45) is 0 Å². The minimum absolute atomic E-state index is 0.534. The molecule has 0 saturated heterocycles. The van der Waals surface area contributed by atoms with Crippen LogP contribution in [0, 0.1) is 0 Å². The third-order valence-electron chi connectivity index (χ3n) is 1.69. The lowest BCUT2D eigenvalue weighted by Gasteiger charge is -1.94. The monoisotopic (exact) mass is 238 g/mol. The van der Waals surface area contributed by atoms with Gasteiger partial charge in [0.2, 0.25) is 0 Å². The number of nitrogens with zero attached hydrogens (tertiary/aromatic N) is 2. The summed E-state index contributed by atoms with van der Waals surface area (Å²) in [6, 6.07) is 3.75. The molecule has 0 aliphatic heterocycles. The van der Waals surface area contributed by atoms with E-state index in [9.17, 15) is 0 Å². The predicted molar refractivity (Wildman–Crippen MR) is 53.9 cm³/mol. The van der Waals surface area contributed by atoms with E-state index in [4.69, 9.17) is 5.73 Å². The highest BCUT2D eigenvalue weighted by Gasteiger charge is 2.08. The summed E-state index contributed by atoms with van der Waals surface area (Å²) in [7, 11) is 0. The molecule has 0 aliphatic carbocycles. The summed E-state index contributed by atoms with van der Waals surface area (Å²) in [5.41, 5.74) is 7.38. The summed E-state index contributed by atoms with van der Waals surface area (Å²) in [6.45, 7) is 0. The molecular formula is C8H7BrN4. The normalized spacial score (nSPS) is 10.2. The Morgan fingerprint density at radius 1 is 1.31 bits per heavy atom. The second-order valence-corrected chi connectivity index (χ2v) is 3.33. The zero-order valence-corrected chi connectivity index (χ0v) is 8.25. The first-order valence-electron chi connectivity index (χ1n) is 3.69. The van der Waals surface area contributed by atoms with Crippen LogP contribution >= 0.6 is 15.9 Å². The molecular weight excluding hydrogens is 232 g/mol. The van der Waals surface area contributed by atoms with Gasteiger partial charge in [-0.15, -0.1) is 0 Å². The van der Waals surface area contributed by atoms with Crippen LogP contribution in [0.15, 0.2) is 29.0 Å². The Kier molecular flexibility index (Phi) is 2.02. The number of aromatic amines is 1. The highest BCUT2D eigenvalue weighted by Crippen LogP contribution is 2.29. The van der Waals surface area contributed by atoms with Crippen molar-refractivity contribution in [3.05, 3.63) is 29.0 Å². The molecule has 2 aromatic rings. The van der Waals surface area contributed by atoms with Crippen molar-refractivity contribution < 1.29 is 0 Å². The highest BCUT2D eigenvalue weighted by molar-refractivity contribution is 9.10. The maximum Gasteiger partial charge on any atom is 0.134 e. The quantitative estimate of drug-likeness (QED) is 0.797. The molecule has 0 spiro atoms. The Labute approximate surface area is 83.3 Å². The van der Waals surface area contributed by atoms with Crippen molar-refractivity contribution in [3.63, 3.8) is 0 Å². The minimum atomic E-state index is 0.534. The van der Waals surface area contributed by atoms with Crippen LogP contribution in [-0.4, -0.2) is 15.2 Å². The summed E-state index contributed by atoms with van der Waals surface area (Å²) < 4.78 is 0.790. The van der Waals surface area contributed by atoms with E-state index in [2.05, 4.69) is 31.1 Å². The first-order valence-corrected chi connectivity index (χ1v) is 4.48. The van der Waals surface area contributed by atoms with E-state index in [1.54, 1.807) is 12.4 Å². The lowest BCUT2D eigenvalue weighted by Crippen LogP contribution is -1.83. The zero-order chi connectivity index (χ0) is 9.26. The fourth-order valence-electron chi connectivity index (χ4n) is 1.04. The molecule has 0 aromatic carbocycles. The molecule has 66 valence electrons. The molecule has 0 saturated carbocycles. The zero-order valence-electron chi connectivity index (χ0n) is 6.66. The van der Waals surface area contributed by atoms with Gasteiger partial charge >= 0.3 is 0 Å². The van der Waals surface area contributed by atoms with Gasteiger partial charge in [0.1, 0.15) is 11.5 Å². The molecule has 2 rings (SSSR count). The molecule has 0 aliphatic rings. The summed E-state index contributed by atoms with van der Waals surface area (Å²) in [5, 5.41) is 6.76. The first-order chi connectivity index (χ1) is 6.29. The van der Waals surface area contributed by atoms with Gasteiger partial charge in [0.15, 0.2) is 0 Å². The summed E-state index contributed by atoms with van der Waals surface area (Å²) in [4.78, 5) is 3.92. The fraction of sp³-hybridized carbons (Fsp3) is 0. The molecule has 0 fully saturated rings. The molecule has 0 amide bonds. The number of aromatic nitrogens is 3. The highest BCUT2D eigenvalue weighted by atomic mass is 79.9. The maximum absolute atomic E-state index is 5.60. The summed E-state index contributed by atoms with van der Waals surface area (Å²) >= 11 is 3.35. The molecule has 5 heteroatoms. The van der Waals surface area contributed by atoms with Crippen LogP contribution in [0.1, 0.15) is 0 Å². The van der Waals surface area contributed by atoms with Crippen LogP contribution in [0.25, 0.3) is 11.3 Å². The van der Waals surface area contributed by atoms with Gasteiger partial charge in [0, 0.05) is 18.0 Å². The smallest absolute Gasteiger partial charge is 0.134 e. The van der Waals surface area contributed by atoms with Crippen molar-refractivity contribution in [2.75, 3.05) is 5.73 Å². The van der Waals surface area contributed by atoms with Gasteiger partial charge in [-0.1, -0.05) is 0 Å². The van der Waals surface area contributed by atoms with Gasteiger partial charge in [-0.05, 0) is 28.1 Å². The Bertz CT molecular complexity index is 409. The van der Waals surface area contributed by atoms with Crippen LogP contribution in [0.4, 0.5) is 5.82 Å². The molecule has 2 aromatic heterocycles. The van der Waals surface area contributed by atoms with Gasteiger partial charge in [-0.2, -0.15) is 5.10 Å². The third-order valence-corrected chi connectivity index (χ3v) is 2.49. The molecule has 3 N–H and O–H groups in total. The Hall–Kier alpha value is -1.36. The molecule has 0 atom stereocenters. The van der Waals surface area contributed by atoms with Gasteiger partial charge in [-0.3, -0.25) is 10.1 Å². The molecule has 2 heterocycles. The first kappa shape index (κ1) is 8.25. The van der Waals surface area contributed by atoms with Gasteiger partial charge in [0.25, 0.3) is 0 Å². The molecule has 0 bridgehead atoms. The third kappa shape index (κ3) is 1.42. The van der Waals surface area contributed by atoms with Crippen molar-refractivity contribution in [1.82, 2.24) is 15.2 Å². The van der Waals surface area contributed by atoms with Crippen molar-refractivity contribution in [3.8, 4) is 11.3 Å². The second kappa shape index (κ2) is 3.18. The Morgan fingerprint density at radius 2 is 2.00 bits per heavy atom. The van der Waals surface area contributed by atoms with Gasteiger partial charge in [-0.25, -0.2) is 0 Å². The molecule has 0 radical (unpaired) electrons. The fourth-order valence-corrected chi connectivity index (χ4v) is 1.45. The van der Waals surface area contributed by atoms with Crippen LogP contribution in [-0.2, 0) is 0 Å². The summed E-state index contributed by atoms with van der Waals surface area (Å²) in [5.74, 6) is 0.534. The van der Waals surface area contributed by atoms with E-state index in [0.29, 0.717) is 5.82 Å². The number of nitrogens with one attached hydrogen (secondary N) is 1. The van der Waals surface area contributed by atoms with E-state index in [0.717, 1.165) is 15.7 Å². The van der Waals surface area contributed by atoms with Crippen molar-refractivity contribution >= 4 is 21.7 Å². The lowest BCUT2D eigenvalue weighted by molar-refractivity contribution is 1.10. The van der Waals surface area contributed by atoms with E-state index in [1.165, 1.54) is 0 Å². The number of anilines is 1. The van der Waals surface area contributed by atoms with Crippen LogP contribution in [0.5, 0.6) is 0 Å². The topological polar surface area (TPSA) is 67.6 Å². The Balaban J connectivity index is 2.53. The van der Waals surface area contributed by atoms with Crippen LogP contribution in [0.3, 0.4) is 0 Å². The van der Waals surface area contributed by atoms with Crippen LogP contribution in [0.2, 0.25) is 0 Å². The average molecular weight is 239 g/mol. The number of hydrogen-bond donors (Lipinski definition) is 2. The SMILES string of the molecule is Nc1[nH]nc(-c2ccncc2)c1Br. The standard InChI is InChI=1S/C8H7BrN4/c9-6-7(12-13-8(6)10)5-1-3-11-4-2-5/h1-4H,(H3,10,12,13).